The first kappa shape index (κ1) is 17.9. The summed E-state index contributed by atoms with van der Waals surface area (Å²) in [6, 6.07) is 11.4. The van der Waals surface area contributed by atoms with Gasteiger partial charge in [0.15, 0.2) is 5.75 Å². The lowest BCUT2D eigenvalue weighted by molar-refractivity contribution is -0.385. The van der Waals surface area contributed by atoms with Crippen molar-refractivity contribution in [3.05, 3.63) is 69.3 Å². The summed E-state index contributed by atoms with van der Waals surface area (Å²) in [5.41, 5.74) is 1.80. The van der Waals surface area contributed by atoms with Gasteiger partial charge in [0, 0.05) is 11.6 Å². The van der Waals surface area contributed by atoms with Gasteiger partial charge < -0.3 is 14.7 Å². The number of nitro benzene ring substituents is 1. The van der Waals surface area contributed by atoms with E-state index in [0.29, 0.717) is 13.2 Å². The topological polar surface area (TPSA) is 92.9 Å². The fourth-order valence-corrected chi connectivity index (χ4v) is 3.14. The molecule has 0 radical (unpaired) electrons. The fraction of sp³-hybridized carbons (Fsp3) is 0.316. The summed E-state index contributed by atoms with van der Waals surface area (Å²) >= 11 is 0. The Morgan fingerprint density at radius 3 is 2.73 bits per heavy atom. The van der Waals surface area contributed by atoms with Crippen LogP contribution in [-0.2, 0) is 4.74 Å². The number of carbonyl (C=O) groups is 1. The number of carbonyl (C=O) groups excluding carboxylic acids is 1. The number of aromatic hydroxyl groups is 1. The average molecular weight is 356 g/mol. The molecule has 1 aliphatic heterocycles. The standard InChI is InChI=1S/C19H20N2O5/c1-12-5-3-4-6-15(12)18-10-20(13(2)11-26-18)19(23)14-7-8-17(22)16(9-14)21(24)25/h3-9,13,18,22H,10-11H2,1-2H3/t13-,18+/m1/s1. The SMILES string of the molecule is Cc1ccccc1[C@@H]1CN(C(=O)c2ccc(O)c([N+](=O)[O-])c2)[C@H](C)CO1. The second-order valence-corrected chi connectivity index (χ2v) is 6.45. The van der Waals surface area contributed by atoms with Crippen molar-refractivity contribution < 1.29 is 19.6 Å². The van der Waals surface area contributed by atoms with Crippen molar-refractivity contribution in [1.29, 1.82) is 0 Å². The number of hydrogen-bond acceptors (Lipinski definition) is 5. The van der Waals surface area contributed by atoms with Gasteiger partial charge in [-0.25, -0.2) is 0 Å². The first-order chi connectivity index (χ1) is 12.4. The molecule has 2 aromatic rings. The molecule has 0 bridgehead atoms. The number of hydrogen-bond donors (Lipinski definition) is 1. The molecule has 1 amide bonds. The predicted molar refractivity (Wildman–Crippen MR) is 95.1 cm³/mol. The molecule has 0 saturated carbocycles. The van der Waals surface area contributed by atoms with Crippen molar-refractivity contribution in [3.8, 4) is 5.75 Å². The third kappa shape index (κ3) is 3.39. The maximum Gasteiger partial charge on any atom is 0.311 e. The van der Waals surface area contributed by atoms with Gasteiger partial charge in [0.2, 0.25) is 0 Å². The highest BCUT2D eigenvalue weighted by atomic mass is 16.6. The van der Waals surface area contributed by atoms with E-state index >= 15 is 0 Å². The number of nitro groups is 1. The molecule has 0 aliphatic carbocycles. The zero-order valence-corrected chi connectivity index (χ0v) is 14.6. The Morgan fingerprint density at radius 2 is 2.04 bits per heavy atom. The monoisotopic (exact) mass is 356 g/mol. The second kappa shape index (κ2) is 7.13. The summed E-state index contributed by atoms with van der Waals surface area (Å²) in [6.45, 7) is 4.61. The molecule has 1 fully saturated rings. The van der Waals surface area contributed by atoms with Crippen LogP contribution in [0.15, 0.2) is 42.5 Å². The van der Waals surface area contributed by atoms with Crippen molar-refractivity contribution in [2.24, 2.45) is 0 Å². The third-order valence-corrected chi connectivity index (χ3v) is 4.65. The zero-order valence-electron chi connectivity index (χ0n) is 14.6. The van der Waals surface area contributed by atoms with Crippen LogP contribution in [0.5, 0.6) is 5.75 Å². The van der Waals surface area contributed by atoms with Crippen molar-refractivity contribution >= 4 is 11.6 Å². The van der Waals surface area contributed by atoms with E-state index in [-0.39, 0.29) is 23.6 Å². The van der Waals surface area contributed by atoms with Gasteiger partial charge in [-0.3, -0.25) is 14.9 Å². The van der Waals surface area contributed by atoms with Crippen molar-refractivity contribution in [2.75, 3.05) is 13.2 Å². The summed E-state index contributed by atoms with van der Waals surface area (Å²) in [5, 5.41) is 20.6. The normalized spacial score (nSPS) is 20.0. The minimum atomic E-state index is -0.703. The number of morpholine rings is 1. The zero-order chi connectivity index (χ0) is 18.8. The number of nitrogens with zero attached hydrogens (tertiary/aromatic N) is 2. The van der Waals surface area contributed by atoms with Crippen LogP contribution in [-0.4, -0.2) is 40.0 Å². The highest BCUT2D eigenvalue weighted by Gasteiger charge is 2.32. The van der Waals surface area contributed by atoms with E-state index in [0.717, 1.165) is 17.2 Å². The quantitative estimate of drug-likeness (QED) is 0.673. The second-order valence-electron chi connectivity index (χ2n) is 6.45. The summed E-state index contributed by atoms with van der Waals surface area (Å²) in [7, 11) is 0. The molecule has 1 N–H and O–H groups in total. The van der Waals surface area contributed by atoms with Crippen LogP contribution in [0.4, 0.5) is 5.69 Å². The van der Waals surface area contributed by atoms with Gasteiger partial charge in [-0.2, -0.15) is 0 Å². The Kier molecular flexibility index (Phi) is 4.90. The Hall–Kier alpha value is -2.93. The van der Waals surface area contributed by atoms with Gasteiger partial charge >= 0.3 is 5.69 Å². The van der Waals surface area contributed by atoms with Gasteiger partial charge in [0.1, 0.15) is 6.10 Å². The first-order valence-corrected chi connectivity index (χ1v) is 8.34. The molecule has 7 nitrogen and oxygen atoms in total. The van der Waals surface area contributed by atoms with Gasteiger partial charge in [0.05, 0.1) is 24.1 Å². The van der Waals surface area contributed by atoms with Crippen molar-refractivity contribution in [2.45, 2.75) is 26.0 Å². The van der Waals surface area contributed by atoms with Crippen LogP contribution < -0.4 is 0 Å². The van der Waals surface area contributed by atoms with Gasteiger partial charge in [-0.1, -0.05) is 24.3 Å². The number of phenols is 1. The lowest BCUT2D eigenvalue weighted by Gasteiger charge is -2.38. The number of aryl methyl sites for hydroxylation is 1. The molecule has 136 valence electrons. The summed E-state index contributed by atoms with van der Waals surface area (Å²) in [6.07, 6.45) is -0.247. The molecule has 26 heavy (non-hydrogen) atoms. The summed E-state index contributed by atoms with van der Waals surface area (Å²) in [5.74, 6) is -0.776. The maximum absolute atomic E-state index is 12.9. The molecular weight excluding hydrogens is 336 g/mol. The average Bonchev–Trinajstić information content (AvgIpc) is 2.62. The van der Waals surface area contributed by atoms with E-state index < -0.39 is 16.4 Å². The van der Waals surface area contributed by atoms with Gasteiger partial charge in [-0.15, -0.1) is 0 Å². The van der Waals surface area contributed by atoms with Gasteiger partial charge in [0.25, 0.3) is 5.91 Å². The largest absolute Gasteiger partial charge is 0.502 e. The Balaban J connectivity index is 1.87. The van der Waals surface area contributed by atoms with E-state index in [1.807, 2.05) is 38.1 Å². The molecule has 2 atom stereocenters. The predicted octanol–water partition coefficient (Wildman–Crippen LogP) is 3.21. The Bertz CT molecular complexity index is 852. The lowest BCUT2D eigenvalue weighted by Crippen LogP contribution is -2.48. The molecule has 7 heteroatoms. The lowest BCUT2D eigenvalue weighted by atomic mass is 10.0. The number of phenolic OH excluding ortho intramolecular Hbond substituents is 1. The van der Waals surface area contributed by atoms with Crippen molar-refractivity contribution in [1.82, 2.24) is 4.90 Å². The van der Waals surface area contributed by atoms with Crippen LogP contribution in [0.1, 0.15) is 34.5 Å². The number of rotatable bonds is 3. The molecule has 0 aromatic heterocycles. The van der Waals surface area contributed by atoms with Crippen LogP contribution in [0.2, 0.25) is 0 Å². The number of amides is 1. The van der Waals surface area contributed by atoms with E-state index in [4.69, 9.17) is 4.74 Å². The highest BCUT2D eigenvalue weighted by molar-refractivity contribution is 5.95. The molecule has 1 heterocycles. The van der Waals surface area contributed by atoms with Crippen LogP contribution in [0.25, 0.3) is 0 Å². The summed E-state index contributed by atoms with van der Waals surface area (Å²) in [4.78, 5) is 24.9. The fourth-order valence-electron chi connectivity index (χ4n) is 3.14. The van der Waals surface area contributed by atoms with Crippen LogP contribution >= 0.6 is 0 Å². The van der Waals surface area contributed by atoms with Crippen LogP contribution in [0, 0.1) is 17.0 Å². The van der Waals surface area contributed by atoms with Crippen molar-refractivity contribution in [3.63, 3.8) is 0 Å². The smallest absolute Gasteiger partial charge is 0.311 e. The number of benzene rings is 2. The molecule has 1 aliphatic rings. The molecule has 2 aromatic carbocycles. The molecule has 1 saturated heterocycles. The first-order valence-electron chi connectivity index (χ1n) is 8.34. The van der Waals surface area contributed by atoms with E-state index in [2.05, 4.69) is 0 Å². The summed E-state index contributed by atoms with van der Waals surface area (Å²) < 4.78 is 5.91. The molecule has 3 rings (SSSR count). The Labute approximate surface area is 151 Å². The minimum absolute atomic E-state index is 0.157. The molecular formula is C19H20N2O5. The maximum atomic E-state index is 12.9. The van der Waals surface area contributed by atoms with Crippen LogP contribution in [0.3, 0.4) is 0 Å². The highest BCUT2D eigenvalue weighted by Crippen LogP contribution is 2.30. The minimum Gasteiger partial charge on any atom is -0.502 e. The molecule has 0 unspecified atom stereocenters. The van der Waals surface area contributed by atoms with E-state index in [1.54, 1.807) is 4.90 Å². The Morgan fingerprint density at radius 1 is 1.31 bits per heavy atom. The van der Waals surface area contributed by atoms with E-state index in [9.17, 15) is 20.0 Å². The van der Waals surface area contributed by atoms with E-state index in [1.165, 1.54) is 12.1 Å². The molecule has 0 spiro atoms. The van der Waals surface area contributed by atoms with Gasteiger partial charge in [-0.05, 0) is 37.1 Å². The number of ether oxygens (including phenoxy) is 1. The third-order valence-electron chi connectivity index (χ3n) is 4.65.